The van der Waals surface area contributed by atoms with Crippen molar-refractivity contribution in [3.05, 3.63) is 18.0 Å². The molecule has 0 spiro atoms. The van der Waals surface area contributed by atoms with Gasteiger partial charge in [0, 0.05) is 19.8 Å². The van der Waals surface area contributed by atoms with Crippen molar-refractivity contribution in [2.75, 3.05) is 0 Å². The molecule has 0 amide bonds. The molecule has 0 radical (unpaired) electrons. The third-order valence-corrected chi connectivity index (χ3v) is 2.00. The summed E-state index contributed by atoms with van der Waals surface area (Å²) in [6, 6.07) is 1.37. The topological polar surface area (TPSA) is 67.2 Å². The monoisotopic (exact) mass is 197 g/mol. The van der Waals surface area contributed by atoms with Crippen LogP contribution in [0.15, 0.2) is 12.3 Å². The Hall–Kier alpha value is -1.36. The Morgan fingerprint density at radius 3 is 2.93 bits per heavy atom. The van der Waals surface area contributed by atoms with Gasteiger partial charge < -0.3 is 5.11 Å². The molecule has 0 saturated heterocycles. The zero-order valence-electron chi connectivity index (χ0n) is 8.40. The van der Waals surface area contributed by atoms with Gasteiger partial charge in [-0.1, -0.05) is 6.92 Å². The van der Waals surface area contributed by atoms with Gasteiger partial charge in [-0.3, -0.25) is 14.8 Å². The predicted octanol–water partition coefficient (Wildman–Crippen LogP) is 0.373. The van der Waals surface area contributed by atoms with Crippen molar-refractivity contribution < 1.29 is 9.90 Å². The van der Waals surface area contributed by atoms with E-state index in [1.807, 2.05) is 26.2 Å². The number of nitrogens with zero attached hydrogens (tertiary/aromatic N) is 2. The molecule has 0 saturated carbocycles. The molecule has 0 aliphatic rings. The Balaban J connectivity index is 2.43. The summed E-state index contributed by atoms with van der Waals surface area (Å²) in [5, 5.41) is 15.8. The van der Waals surface area contributed by atoms with Crippen LogP contribution < -0.4 is 5.32 Å². The van der Waals surface area contributed by atoms with Crippen molar-refractivity contribution in [1.29, 1.82) is 0 Å². The van der Waals surface area contributed by atoms with Crippen LogP contribution in [0.25, 0.3) is 0 Å². The van der Waals surface area contributed by atoms with E-state index in [-0.39, 0.29) is 0 Å². The van der Waals surface area contributed by atoms with E-state index < -0.39 is 12.0 Å². The van der Waals surface area contributed by atoms with Gasteiger partial charge in [0.15, 0.2) is 0 Å². The van der Waals surface area contributed by atoms with E-state index in [2.05, 4.69) is 10.4 Å². The summed E-state index contributed by atoms with van der Waals surface area (Å²) >= 11 is 0. The van der Waals surface area contributed by atoms with Gasteiger partial charge in [-0.05, 0) is 12.5 Å². The number of rotatable bonds is 5. The lowest BCUT2D eigenvalue weighted by atomic mass is 10.2. The summed E-state index contributed by atoms with van der Waals surface area (Å²) in [5.74, 6) is -0.816. The van der Waals surface area contributed by atoms with Crippen molar-refractivity contribution in [3.63, 3.8) is 0 Å². The molecule has 5 heteroatoms. The Morgan fingerprint density at radius 1 is 1.79 bits per heavy atom. The second kappa shape index (κ2) is 4.76. The molecule has 1 unspecified atom stereocenters. The molecular weight excluding hydrogens is 182 g/mol. The number of carboxylic acid groups (broad SMARTS) is 1. The van der Waals surface area contributed by atoms with Gasteiger partial charge in [0.1, 0.15) is 6.04 Å². The Morgan fingerprint density at radius 2 is 2.50 bits per heavy atom. The van der Waals surface area contributed by atoms with E-state index in [1.54, 1.807) is 4.68 Å². The first-order chi connectivity index (χ1) is 6.63. The van der Waals surface area contributed by atoms with Crippen molar-refractivity contribution in [2.24, 2.45) is 7.05 Å². The maximum Gasteiger partial charge on any atom is 0.320 e. The SMILES string of the molecule is CCC(NCc1ccn(C)n1)C(=O)O. The highest BCUT2D eigenvalue weighted by Crippen LogP contribution is 1.96. The van der Waals surface area contributed by atoms with Gasteiger partial charge in [-0.25, -0.2) is 0 Å². The molecule has 1 aromatic heterocycles. The maximum atomic E-state index is 10.7. The molecule has 0 aromatic carbocycles. The first-order valence-corrected chi connectivity index (χ1v) is 4.58. The summed E-state index contributed by atoms with van der Waals surface area (Å²) in [4.78, 5) is 10.7. The molecule has 0 aliphatic heterocycles. The van der Waals surface area contributed by atoms with Crippen LogP contribution in [0.4, 0.5) is 0 Å². The van der Waals surface area contributed by atoms with Crippen LogP contribution in [0.3, 0.4) is 0 Å². The molecule has 1 rings (SSSR count). The van der Waals surface area contributed by atoms with Gasteiger partial charge in [0.25, 0.3) is 0 Å². The molecule has 2 N–H and O–H groups in total. The third-order valence-electron chi connectivity index (χ3n) is 2.00. The van der Waals surface area contributed by atoms with Crippen LogP contribution in [0.2, 0.25) is 0 Å². The molecular formula is C9H15N3O2. The third kappa shape index (κ3) is 2.85. The van der Waals surface area contributed by atoms with E-state index in [0.29, 0.717) is 13.0 Å². The van der Waals surface area contributed by atoms with Gasteiger partial charge >= 0.3 is 5.97 Å². The zero-order valence-corrected chi connectivity index (χ0v) is 8.40. The fraction of sp³-hybridized carbons (Fsp3) is 0.556. The summed E-state index contributed by atoms with van der Waals surface area (Å²) < 4.78 is 1.69. The first kappa shape index (κ1) is 10.7. The van der Waals surface area contributed by atoms with Crippen molar-refractivity contribution in [1.82, 2.24) is 15.1 Å². The second-order valence-electron chi connectivity index (χ2n) is 3.16. The van der Waals surface area contributed by atoms with Crippen LogP contribution >= 0.6 is 0 Å². The number of carboxylic acids is 1. The highest BCUT2D eigenvalue weighted by atomic mass is 16.4. The van der Waals surface area contributed by atoms with Crippen LogP contribution in [0, 0.1) is 0 Å². The van der Waals surface area contributed by atoms with Crippen molar-refractivity contribution in [2.45, 2.75) is 25.9 Å². The van der Waals surface area contributed by atoms with Gasteiger partial charge in [0.2, 0.25) is 0 Å². The summed E-state index contributed by atoms with van der Waals surface area (Å²) in [6.45, 7) is 2.33. The Labute approximate surface area is 82.7 Å². The Kier molecular flexibility index (Phi) is 3.64. The lowest BCUT2D eigenvalue weighted by molar-refractivity contribution is -0.139. The Bertz CT molecular complexity index is 309. The number of hydrogen-bond donors (Lipinski definition) is 2. The summed E-state index contributed by atoms with van der Waals surface area (Å²) in [7, 11) is 1.83. The molecule has 1 atom stereocenters. The maximum absolute atomic E-state index is 10.7. The number of hydrogen-bond acceptors (Lipinski definition) is 3. The molecule has 1 heterocycles. The minimum Gasteiger partial charge on any atom is -0.480 e. The van der Waals surface area contributed by atoms with Gasteiger partial charge in [-0.15, -0.1) is 0 Å². The van der Waals surface area contributed by atoms with Crippen molar-refractivity contribution in [3.8, 4) is 0 Å². The highest BCUT2D eigenvalue weighted by Gasteiger charge is 2.13. The minimum atomic E-state index is -0.816. The van der Waals surface area contributed by atoms with E-state index >= 15 is 0 Å². The largest absolute Gasteiger partial charge is 0.480 e. The lowest BCUT2D eigenvalue weighted by Gasteiger charge is -2.10. The highest BCUT2D eigenvalue weighted by molar-refractivity contribution is 5.73. The normalized spacial score (nSPS) is 12.7. The average molecular weight is 197 g/mol. The molecule has 5 nitrogen and oxygen atoms in total. The molecule has 0 fully saturated rings. The van der Waals surface area contributed by atoms with Crippen LogP contribution in [0.5, 0.6) is 0 Å². The molecule has 0 aliphatic carbocycles. The van der Waals surface area contributed by atoms with Crippen LogP contribution in [-0.2, 0) is 18.4 Å². The second-order valence-corrected chi connectivity index (χ2v) is 3.16. The fourth-order valence-corrected chi connectivity index (χ4v) is 1.19. The van der Waals surface area contributed by atoms with Gasteiger partial charge in [0.05, 0.1) is 5.69 Å². The number of aliphatic carboxylic acids is 1. The minimum absolute atomic E-state index is 0.489. The van der Waals surface area contributed by atoms with E-state index in [4.69, 9.17) is 5.11 Å². The molecule has 1 aromatic rings. The summed E-state index contributed by atoms with van der Waals surface area (Å²) in [5.41, 5.74) is 0.854. The smallest absolute Gasteiger partial charge is 0.320 e. The van der Waals surface area contributed by atoms with Crippen LogP contribution in [-0.4, -0.2) is 26.9 Å². The molecule has 14 heavy (non-hydrogen) atoms. The fourth-order valence-electron chi connectivity index (χ4n) is 1.19. The van der Waals surface area contributed by atoms with E-state index in [0.717, 1.165) is 5.69 Å². The first-order valence-electron chi connectivity index (χ1n) is 4.58. The molecule has 78 valence electrons. The number of aromatic nitrogens is 2. The number of nitrogens with one attached hydrogen (secondary N) is 1. The van der Waals surface area contributed by atoms with E-state index in [1.165, 1.54) is 0 Å². The average Bonchev–Trinajstić information content (AvgIpc) is 2.52. The number of carbonyl (C=O) groups is 1. The lowest BCUT2D eigenvalue weighted by Crippen LogP contribution is -2.35. The summed E-state index contributed by atoms with van der Waals surface area (Å²) in [6.07, 6.45) is 2.40. The zero-order chi connectivity index (χ0) is 10.6. The van der Waals surface area contributed by atoms with E-state index in [9.17, 15) is 4.79 Å². The predicted molar refractivity (Wildman–Crippen MR) is 51.8 cm³/mol. The standard InChI is InChI=1S/C9H15N3O2/c1-3-8(9(13)14)10-6-7-4-5-12(2)11-7/h4-5,8,10H,3,6H2,1-2H3,(H,13,14). The van der Waals surface area contributed by atoms with Gasteiger partial charge in [-0.2, -0.15) is 5.10 Å². The quantitative estimate of drug-likeness (QED) is 0.715. The molecule has 0 bridgehead atoms. The van der Waals surface area contributed by atoms with Crippen molar-refractivity contribution >= 4 is 5.97 Å². The van der Waals surface area contributed by atoms with Crippen LogP contribution in [0.1, 0.15) is 19.0 Å². The number of aryl methyl sites for hydroxylation is 1.